The zero-order valence-corrected chi connectivity index (χ0v) is 14.0. The van der Waals surface area contributed by atoms with E-state index < -0.39 is 11.0 Å². The minimum absolute atomic E-state index is 0.324. The molecule has 0 aromatic carbocycles. The summed E-state index contributed by atoms with van der Waals surface area (Å²) >= 11 is 0. The van der Waals surface area contributed by atoms with Crippen LogP contribution < -0.4 is 4.72 Å². The van der Waals surface area contributed by atoms with Crippen LogP contribution >= 0.6 is 0 Å². The fraction of sp³-hybridized carbons (Fsp3) is 0.667. The highest BCUT2D eigenvalue weighted by Crippen LogP contribution is 2.24. The number of aryl methyl sites for hydroxylation is 1. The fourth-order valence-corrected chi connectivity index (χ4v) is 3.24. The van der Waals surface area contributed by atoms with Gasteiger partial charge in [-0.05, 0) is 46.1 Å². The van der Waals surface area contributed by atoms with Crippen molar-refractivity contribution in [3.8, 4) is 0 Å². The van der Waals surface area contributed by atoms with Gasteiger partial charge in [0.05, 0.1) is 28.4 Å². The molecule has 0 fully saturated rings. The number of fused-ring (bicyclic) bond motifs is 1. The van der Waals surface area contributed by atoms with Crippen LogP contribution in [0, 0.1) is 0 Å². The van der Waals surface area contributed by atoms with Gasteiger partial charge in [0, 0.05) is 24.5 Å². The molecule has 0 spiro atoms. The second kappa shape index (κ2) is 6.32. The molecular formula is C15H24N2O3S. The van der Waals surface area contributed by atoms with Crippen LogP contribution in [-0.4, -0.2) is 26.6 Å². The van der Waals surface area contributed by atoms with Crippen LogP contribution in [0.4, 0.5) is 0 Å². The molecule has 118 valence electrons. The van der Waals surface area contributed by atoms with Crippen LogP contribution in [0.5, 0.6) is 0 Å². The number of ether oxygens (including phenoxy) is 1. The highest BCUT2D eigenvalue weighted by Gasteiger charge is 2.24. The standard InChI is InChI=1S/C15H24N2O3S/c1-15(2,3)21(19)16-10-13-12(14(18)20-4)9-11-7-5-6-8-17(11)13/h9,16H,5-8,10H2,1-4H3. The number of hydrogen-bond acceptors (Lipinski definition) is 3. The molecule has 1 atom stereocenters. The number of aromatic nitrogens is 1. The van der Waals surface area contributed by atoms with Gasteiger partial charge in [-0.15, -0.1) is 0 Å². The van der Waals surface area contributed by atoms with Crippen LogP contribution in [0.3, 0.4) is 0 Å². The zero-order chi connectivity index (χ0) is 15.6. The first-order valence-electron chi connectivity index (χ1n) is 7.29. The lowest BCUT2D eigenvalue weighted by atomic mass is 10.1. The van der Waals surface area contributed by atoms with Crippen molar-refractivity contribution in [2.45, 2.75) is 57.9 Å². The molecule has 1 aliphatic rings. The molecule has 6 heteroatoms. The number of nitrogens with one attached hydrogen (secondary N) is 1. The molecule has 2 rings (SSSR count). The van der Waals surface area contributed by atoms with Gasteiger partial charge in [-0.2, -0.15) is 0 Å². The molecule has 1 aliphatic heterocycles. The molecule has 21 heavy (non-hydrogen) atoms. The molecule has 0 bridgehead atoms. The molecule has 0 radical (unpaired) electrons. The second-order valence-corrected chi connectivity index (χ2v) is 8.35. The number of hydrogen-bond donors (Lipinski definition) is 1. The van der Waals surface area contributed by atoms with E-state index in [1.807, 2.05) is 26.8 Å². The number of rotatable bonds is 4. The van der Waals surface area contributed by atoms with Crippen LogP contribution in [0.15, 0.2) is 6.07 Å². The summed E-state index contributed by atoms with van der Waals surface area (Å²) in [5.74, 6) is -0.324. The van der Waals surface area contributed by atoms with Crippen molar-refractivity contribution in [3.05, 3.63) is 23.0 Å². The van der Waals surface area contributed by atoms with Crippen molar-refractivity contribution in [1.29, 1.82) is 0 Å². The Morgan fingerprint density at radius 1 is 1.43 bits per heavy atom. The predicted octanol–water partition coefficient (Wildman–Crippen LogP) is 2.16. The molecule has 0 amide bonds. The summed E-state index contributed by atoms with van der Waals surface area (Å²) in [5, 5.41) is 0. The third-order valence-electron chi connectivity index (χ3n) is 3.69. The first kappa shape index (κ1) is 16.2. The largest absolute Gasteiger partial charge is 0.465 e. The molecule has 0 aliphatic carbocycles. The summed E-state index contributed by atoms with van der Waals surface area (Å²) in [6.45, 7) is 7.08. The van der Waals surface area contributed by atoms with Gasteiger partial charge in [0.15, 0.2) is 0 Å². The van der Waals surface area contributed by atoms with Crippen molar-refractivity contribution in [3.63, 3.8) is 0 Å². The van der Waals surface area contributed by atoms with Gasteiger partial charge in [0.1, 0.15) is 0 Å². The minimum atomic E-state index is -1.16. The van der Waals surface area contributed by atoms with Crippen molar-refractivity contribution in [2.75, 3.05) is 7.11 Å². The SMILES string of the molecule is COC(=O)c1cc2n(c1CNS(=O)C(C)(C)C)CCCC2. The Kier molecular flexibility index (Phi) is 4.88. The van der Waals surface area contributed by atoms with E-state index in [-0.39, 0.29) is 10.7 Å². The Labute approximate surface area is 128 Å². The molecule has 5 nitrogen and oxygen atoms in total. The molecule has 1 N–H and O–H groups in total. The third-order valence-corrected chi connectivity index (χ3v) is 5.21. The van der Waals surface area contributed by atoms with Crippen LogP contribution in [-0.2, 0) is 35.2 Å². The Morgan fingerprint density at radius 3 is 2.76 bits per heavy atom. The normalized spacial score (nSPS) is 16.4. The summed E-state index contributed by atoms with van der Waals surface area (Å²) in [7, 11) is 0.231. The quantitative estimate of drug-likeness (QED) is 0.867. The Hall–Kier alpha value is -1.14. The smallest absolute Gasteiger partial charge is 0.339 e. The summed E-state index contributed by atoms with van der Waals surface area (Å²) in [6, 6.07) is 1.92. The first-order valence-corrected chi connectivity index (χ1v) is 8.44. The van der Waals surface area contributed by atoms with E-state index in [0.717, 1.165) is 31.5 Å². The van der Waals surface area contributed by atoms with E-state index in [1.165, 1.54) is 12.8 Å². The molecule has 2 heterocycles. The molecule has 1 unspecified atom stereocenters. The number of methoxy groups -OCH3 is 1. The van der Waals surface area contributed by atoms with E-state index in [4.69, 9.17) is 4.74 Å². The number of esters is 1. The fourth-order valence-electron chi connectivity index (χ4n) is 2.54. The highest BCUT2D eigenvalue weighted by atomic mass is 32.2. The number of nitrogens with zero attached hydrogens (tertiary/aromatic N) is 1. The lowest BCUT2D eigenvalue weighted by Crippen LogP contribution is -2.34. The van der Waals surface area contributed by atoms with Gasteiger partial charge in [0.2, 0.25) is 0 Å². The Bertz CT molecular complexity index is 558. The van der Waals surface area contributed by atoms with E-state index in [9.17, 15) is 9.00 Å². The van der Waals surface area contributed by atoms with E-state index >= 15 is 0 Å². The molecular weight excluding hydrogens is 288 g/mol. The zero-order valence-electron chi connectivity index (χ0n) is 13.2. The predicted molar refractivity (Wildman–Crippen MR) is 83.4 cm³/mol. The Morgan fingerprint density at radius 2 is 2.14 bits per heavy atom. The van der Waals surface area contributed by atoms with Crippen LogP contribution in [0.2, 0.25) is 0 Å². The lowest BCUT2D eigenvalue weighted by molar-refractivity contribution is 0.0599. The summed E-state index contributed by atoms with van der Waals surface area (Å²) < 4.78 is 21.9. The second-order valence-electron chi connectivity index (χ2n) is 6.30. The maximum Gasteiger partial charge on any atom is 0.339 e. The van der Waals surface area contributed by atoms with Crippen molar-refractivity contribution in [2.24, 2.45) is 0 Å². The number of carbonyl (C=O) groups excluding carboxylic acids is 1. The molecule has 1 aromatic rings. The minimum Gasteiger partial charge on any atom is -0.465 e. The van der Waals surface area contributed by atoms with Gasteiger partial charge >= 0.3 is 5.97 Å². The lowest BCUT2D eigenvalue weighted by Gasteiger charge is -2.21. The van der Waals surface area contributed by atoms with Crippen LogP contribution in [0.1, 0.15) is 55.4 Å². The highest BCUT2D eigenvalue weighted by molar-refractivity contribution is 7.84. The van der Waals surface area contributed by atoms with Gasteiger partial charge < -0.3 is 9.30 Å². The summed E-state index contributed by atoms with van der Waals surface area (Å²) in [4.78, 5) is 12.0. The topological polar surface area (TPSA) is 60.3 Å². The average Bonchev–Trinajstić information content (AvgIpc) is 2.81. The van der Waals surface area contributed by atoms with E-state index in [1.54, 1.807) is 0 Å². The van der Waals surface area contributed by atoms with Gasteiger partial charge in [-0.1, -0.05) is 0 Å². The summed E-state index contributed by atoms with van der Waals surface area (Å²) in [5.41, 5.74) is 2.64. The number of carbonyl (C=O) groups is 1. The van der Waals surface area contributed by atoms with E-state index in [2.05, 4.69) is 9.29 Å². The maximum absolute atomic E-state index is 12.2. The van der Waals surface area contributed by atoms with Crippen molar-refractivity contribution >= 4 is 17.0 Å². The van der Waals surface area contributed by atoms with Crippen molar-refractivity contribution in [1.82, 2.24) is 9.29 Å². The first-order chi connectivity index (χ1) is 9.84. The van der Waals surface area contributed by atoms with Crippen molar-refractivity contribution < 1.29 is 13.7 Å². The van der Waals surface area contributed by atoms with E-state index in [0.29, 0.717) is 12.1 Å². The van der Waals surface area contributed by atoms with Gasteiger partial charge in [-0.3, -0.25) is 0 Å². The maximum atomic E-state index is 12.2. The molecule has 0 saturated heterocycles. The average molecular weight is 312 g/mol. The molecule has 0 saturated carbocycles. The van der Waals surface area contributed by atoms with Gasteiger partial charge in [0.25, 0.3) is 0 Å². The monoisotopic (exact) mass is 312 g/mol. The van der Waals surface area contributed by atoms with Crippen LogP contribution in [0.25, 0.3) is 0 Å². The Balaban J connectivity index is 2.26. The molecule has 1 aromatic heterocycles. The third kappa shape index (κ3) is 3.55. The van der Waals surface area contributed by atoms with Gasteiger partial charge in [-0.25, -0.2) is 13.7 Å². The summed E-state index contributed by atoms with van der Waals surface area (Å²) in [6.07, 6.45) is 3.23.